The van der Waals surface area contributed by atoms with Crippen molar-refractivity contribution in [3.8, 4) is 11.8 Å². The number of pyridine rings is 1. The number of amides is 1. The molecule has 0 bridgehead atoms. The van der Waals surface area contributed by atoms with Crippen molar-refractivity contribution in [2.75, 3.05) is 11.9 Å². The lowest BCUT2D eigenvalue weighted by molar-refractivity contribution is -0.118. The predicted octanol–water partition coefficient (Wildman–Crippen LogP) is 3.04. The molecule has 2 aromatic rings. The molecule has 0 unspecified atom stereocenters. The Morgan fingerprint density at radius 2 is 2.14 bits per heavy atom. The maximum atomic E-state index is 11.8. The maximum Gasteiger partial charge on any atom is 0.263 e. The summed E-state index contributed by atoms with van der Waals surface area (Å²) >= 11 is 3.35. The van der Waals surface area contributed by atoms with Crippen molar-refractivity contribution in [2.24, 2.45) is 0 Å². The van der Waals surface area contributed by atoms with Crippen LogP contribution < -0.4 is 10.1 Å². The lowest BCUT2D eigenvalue weighted by atomic mass is 10.2. The second-order valence-corrected chi connectivity index (χ2v) is 5.15. The Labute approximate surface area is 130 Å². The summed E-state index contributed by atoms with van der Waals surface area (Å²) in [6.45, 7) is 1.79. The van der Waals surface area contributed by atoms with Gasteiger partial charge in [0, 0.05) is 10.7 Å². The molecule has 0 radical (unpaired) electrons. The second-order valence-electron chi connectivity index (χ2n) is 4.29. The summed E-state index contributed by atoms with van der Waals surface area (Å²) in [7, 11) is 0. The number of carbonyl (C=O) groups is 1. The number of carbonyl (C=O) groups excluding carboxylic acids is 1. The molecule has 0 fully saturated rings. The van der Waals surface area contributed by atoms with Gasteiger partial charge in [-0.3, -0.25) is 4.79 Å². The van der Waals surface area contributed by atoms with Crippen LogP contribution in [-0.2, 0) is 4.79 Å². The maximum absolute atomic E-state index is 11.8. The van der Waals surface area contributed by atoms with Crippen molar-refractivity contribution < 1.29 is 9.53 Å². The van der Waals surface area contributed by atoms with Crippen LogP contribution in [0, 0.1) is 18.3 Å². The normalized spacial score (nSPS) is 9.76. The average Bonchev–Trinajstić information content (AvgIpc) is 2.49. The molecule has 0 saturated heterocycles. The van der Waals surface area contributed by atoms with Crippen LogP contribution in [0.5, 0.6) is 5.75 Å². The molecular weight excluding hydrogens is 334 g/mol. The van der Waals surface area contributed by atoms with Crippen LogP contribution in [0.2, 0.25) is 0 Å². The zero-order valence-corrected chi connectivity index (χ0v) is 12.8. The molecule has 0 aliphatic heterocycles. The predicted molar refractivity (Wildman–Crippen MR) is 82.0 cm³/mol. The highest BCUT2D eigenvalue weighted by Gasteiger charge is 2.06. The van der Waals surface area contributed by atoms with E-state index in [2.05, 4.69) is 26.2 Å². The molecule has 1 aromatic carbocycles. The fourth-order valence-corrected chi connectivity index (χ4v) is 1.78. The van der Waals surface area contributed by atoms with Crippen molar-refractivity contribution in [2.45, 2.75) is 6.92 Å². The van der Waals surface area contributed by atoms with Gasteiger partial charge in [-0.2, -0.15) is 5.26 Å². The summed E-state index contributed by atoms with van der Waals surface area (Å²) in [5, 5.41) is 11.3. The smallest absolute Gasteiger partial charge is 0.263 e. The van der Waals surface area contributed by atoms with E-state index in [9.17, 15) is 4.79 Å². The molecule has 0 aliphatic rings. The number of rotatable bonds is 4. The summed E-state index contributed by atoms with van der Waals surface area (Å²) < 4.78 is 6.22. The van der Waals surface area contributed by atoms with Gasteiger partial charge in [-0.25, -0.2) is 4.98 Å². The van der Waals surface area contributed by atoms with E-state index in [1.165, 1.54) is 0 Å². The number of ether oxygens (including phenoxy) is 1. The van der Waals surface area contributed by atoms with E-state index in [4.69, 9.17) is 10.00 Å². The quantitative estimate of drug-likeness (QED) is 0.923. The first-order chi connectivity index (χ1) is 10.1. The van der Waals surface area contributed by atoms with Crippen LogP contribution in [-0.4, -0.2) is 17.5 Å². The van der Waals surface area contributed by atoms with Gasteiger partial charge < -0.3 is 10.1 Å². The number of hydrogen-bond donors (Lipinski definition) is 1. The number of aryl methyl sites for hydroxylation is 1. The molecule has 0 saturated carbocycles. The fraction of sp³-hybridized carbons (Fsp3) is 0.133. The van der Waals surface area contributed by atoms with E-state index in [1.807, 2.05) is 13.0 Å². The third-order valence-electron chi connectivity index (χ3n) is 2.67. The second kappa shape index (κ2) is 6.86. The van der Waals surface area contributed by atoms with Gasteiger partial charge in [0.05, 0.1) is 11.6 Å². The minimum atomic E-state index is -0.298. The average molecular weight is 346 g/mol. The van der Waals surface area contributed by atoms with Gasteiger partial charge in [0.15, 0.2) is 6.61 Å². The highest BCUT2D eigenvalue weighted by molar-refractivity contribution is 9.10. The van der Waals surface area contributed by atoms with Crippen molar-refractivity contribution in [3.05, 3.63) is 52.1 Å². The van der Waals surface area contributed by atoms with Crippen LogP contribution in [0.25, 0.3) is 0 Å². The number of benzene rings is 1. The Morgan fingerprint density at radius 1 is 1.43 bits per heavy atom. The molecule has 1 amide bonds. The highest BCUT2D eigenvalue weighted by Crippen LogP contribution is 2.17. The summed E-state index contributed by atoms with van der Waals surface area (Å²) in [4.78, 5) is 15.9. The minimum absolute atomic E-state index is 0.122. The molecule has 1 aromatic heterocycles. The monoisotopic (exact) mass is 345 g/mol. The lowest BCUT2D eigenvalue weighted by Gasteiger charge is -2.08. The largest absolute Gasteiger partial charge is 0.484 e. The first-order valence-electron chi connectivity index (χ1n) is 6.13. The van der Waals surface area contributed by atoms with Gasteiger partial charge >= 0.3 is 0 Å². The number of aromatic nitrogens is 1. The number of halogens is 1. The van der Waals surface area contributed by atoms with Crippen LogP contribution >= 0.6 is 15.9 Å². The SMILES string of the molecule is Cc1cc(NC(=O)COc2ccc(C#N)cc2)ncc1Br. The van der Waals surface area contributed by atoms with Crippen molar-refractivity contribution in [1.29, 1.82) is 5.26 Å². The van der Waals surface area contributed by atoms with E-state index in [0.717, 1.165) is 10.0 Å². The summed E-state index contributed by atoms with van der Waals surface area (Å²) in [6.07, 6.45) is 1.63. The van der Waals surface area contributed by atoms with Crippen molar-refractivity contribution in [3.63, 3.8) is 0 Å². The molecule has 1 N–H and O–H groups in total. The molecular formula is C15H12BrN3O2. The zero-order chi connectivity index (χ0) is 15.2. The molecule has 2 rings (SSSR count). The van der Waals surface area contributed by atoms with Gasteiger partial charge in [0.1, 0.15) is 11.6 Å². The third kappa shape index (κ3) is 4.29. The first-order valence-corrected chi connectivity index (χ1v) is 6.93. The van der Waals surface area contributed by atoms with Gasteiger partial charge in [-0.05, 0) is 58.7 Å². The Morgan fingerprint density at radius 3 is 2.76 bits per heavy atom. The summed E-state index contributed by atoms with van der Waals surface area (Å²) in [5.41, 5.74) is 1.52. The summed E-state index contributed by atoms with van der Waals surface area (Å²) in [6, 6.07) is 10.3. The number of hydrogen-bond acceptors (Lipinski definition) is 4. The molecule has 21 heavy (non-hydrogen) atoms. The van der Waals surface area contributed by atoms with Crippen LogP contribution in [0.1, 0.15) is 11.1 Å². The fourth-order valence-electron chi connectivity index (χ4n) is 1.56. The van der Waals surface area contributed by atoms with Gasteiger partial charge in [0.2, 0.25) is 0 Å². The molecule has 0 aliphatic carbocycles. The Kier molecular flexibility index (Phi) is 4.90. The van der Waals surface area contributed by atoms with E-state index in [-0.39, 0.29) is 12.5 Å². The molecule has 1 heterocycles. The van der Waals surface area contributed by atoms with Crippen LogP contribution in [0.15, 0.2) is 41.0 Å². The van der Waals surface area contributed by atoms with Crippen LogP contribution in [0.4, 0.5) is 5.82 Å². The lowest BCUT2D eigenvalue weighted by Crippen LogP contribution is -2.20. The van der Waals surface area contributed by atoms with Gasteiger partial charge in [-0.1, -0.05) is 0 Å². The van der Waals surface area contributed by atoms with Crippen molar-refractivity contribution >= 4 is 27.7 Å². The van der Waals surface area contributed by atoms with Crippen LogP contribution in [0.3, 0.4) is 0 Å². The van der Waals surface area contributed by atoms with E-state index >= 15 is 0 Å². The van der Waals surface area contributed by atoms with E-state index < -0.39 is 0 Å². The number of nitriles is 1. The van der Waals surface area contributed by atoms with E-state index in [1.54, 1.807) is 36.5 Å². The zero-order valence-electron chi connectivity index (χ0n) is 11.3. The number of anilines is 1. The third-order valence-corrected chi connectivity index (χ3v) is 3.50. The van der Waals surface area contributed by atoms with Crippen molar-refractivity contribution in [1.82, 2.24) is 4.98 Å². The molecule has 6 heteroatoms. The van der Waals surface area contributed by atoms with Gasteiger partial charge in [-0.15, -0.1) is 0 Å². The first kappa shape index (κ1) is 15.0. The molecule has 5 nitrogen and oxygen atoms in total. The highest BCUT2D eigenvalue weighted by atomic mass is 79.9. The topological polar surface area (TPSA) is 75.0 Å². The molecule has 0 spiro atoms. The van der Waals surface area contributed by atoms with Gasteiger partial charge in [0.25, 0.3) is 5.91 Å². The van der Waals surface area contributed by atoms with E-state index in [0.29, 0.717) is 17.1 Å². The minimum Gasteiger partial charge on any atom is -0.484 e. The molecule has 0 atom stereocenters. The Bertz CT molecular complexity index is 693. The Balaban J connectivity index is 1.89. The number of nitrogens with one attached hydrogen (secondary N) is 1. The number of nitrogens with zero attached hydrogens (tertiary/aromatic N) is 2. The molecule has 106 valence electrons. The standard InChI is InChI=1S/C15H12BrN3O2/c1-10-6-14(18-8-13(10)16)19-15(20)9-21-12-4-2-11(7-17)3-5-12/h2-6,8H,9H2,1H3,(H,18,19,20). The summed E-state index contributed by atoms with van der Waals surface area (Å²) in [5.74, 6) is 0.710. The Hall–Kier alpha value is -2.39.